The molecular weight excluding hydrogens is 324 g/mol. The predicted molar refractivity (Wildman–Crippen MR) is 102 cm³/mol. The molecule has 0 amide bonds. The van der Waals surface area contributed by atoms with Crippen molar-refractivity contribution in [2.24, 2.45) is 0 Å². The minimum absolute atomic E-state index is 0.474. The van der Waals surface area contributed by atoms with Crippen LogP contribution in [0.3, 0.4) is 0 Å². The van der Waals surface area contributed by atoms with Gasteiger partial charge in [-0.15, -0.1) is 0 Å². The monoisotopic (exact) mass is 338 g/mol. The van der Waals surface area contributed by atoms with Gasteiger partial charge in [-0.25, -0.2) is 9.97 Å². The summed E-state index contributed by atoms with van der Waals surface area (Å²) in [6, 6.07) is 18.0. The summed E-state index contributed by atoms with van der Waals surface area (Å²) in [6.07, 6.45) is 4.98. The van der Waals surface area contributed by atoms with E-state index in [1.165, 1.54) is 6.33 Å². The maximum absolute atomic E-state index is 6.03. The van der Waals surface area contributed by atoms with Crippen molar-refractivity contribution < 1.29 is 4.42 Å². The third-order valence-electron chi connectivity index (χ3n) is 4.51. The van der Waals surface area contributed by atoms with Gasteiger partial charge in [0.15, 0.2) is 0 Å². The fourth-order valence-electron chi connectivity index (χ4n) is 3.23. The van der Waals surface area contributed by atoms with Crippen LogP contribution >= 0.6 is 0 Å². The van der Waals surface area contributed by atoms with Gasteiger partial charge in [-0.3, -0.25) is 4.98 Å². The van der Waals surface area contributed by atoms with Crippen LogP contribution in [-0.2, 0) is 0 Å². The van der Waals surface area contributed by atoms with Gasteiger partial charge in [-0.1, -0.05) is 12.1 Å². The molecule has 3 heterocycles. The number of hydrogen-bond donors (Lipinski definition) is 1. The normalized spacial score (nSPS) is 11.2. The van der Waals surface area contributed by atoms with Crippen molar-refractivity contribution in [3.05, 3.63) is 73.4 Å². The number of nitrogens with zero attached hydrogens (tertiary/aromatic N) is 3. The summed E-state index contributed by atoms with van der Waals surface area (Å²) in [4.78, 5) is 13.0. The first kappa shape index (κ1) is 14.6. The molecule has 5 aromatic rings. The van der Waals surface area contributed by atoms with Gasteiger partial charge in [0.2, 0.25) is 0 Å². The van der Waals surface area contributed by atoms with Crippen LogP contribution in [0.1, 0.15) is 0 Å². The zero-order chi connectivity index (χ0) is 17.5. The van der Waals surface area contributed by atoms with Crippen molar-refractivity contribution in [1.82, 2.24) is 15.0 Å². The summed E-state index contributed by atoms with van der Waals surface area (Å²) >= 11 is 0. The van der Waals surface area contributed by atoms with E-state index in [0.29, 0.717) is 5.82 Å². The van der Waals surface area contributed by atoms with Crippen LogP contribution in [0, 0.1) is 0 Å². The molecule has 0 saturated heterocycles. The second-order valence-electron chi connectivity index (χ2n) is 6.06. The lowest BCUT2D eigenvalue weighted by Gasteiger charge is -2.10. The Kier molecular flexibility index (Phi) is 3.18. The highest BCUT2D eigenvalue weighted by Crippen LogP contribution is 2.33. The zero-order valence-corrected chi connectivity index (χ0v) is 13.8. The fourth-order valence-corrected chi connectivity index (χ4v) is 3.23. The molecule has 3 aromatic heterocycles. The Morgan fingerprint density at radius 2 is 1.77 bits per heavy atom. The molecule has 5 nitrogen and oxygen atoms in total. The first-order valence-corrected chi connectivity index (χ1v) is 8.23. The molecule has 0 aliphatic heterocycles. The summed E-state index contributed by atoms with van der Waals surface area (Å²) < 4.78 is 5.44. The van der Waals surface area contributed by atoms with Gasteiger partial charge in [-0.05, 0) is 48.0 Å². The molecule has 2 N–H and O–H groups in total. The maximum atomic E-state index is 6.03. The number of anilines is 1. The Morgan fingerprint density at radius 1 is 0.846 bits per heavy atom. The van der Waals surface area contributed by atoms with Gasteiger partial charge in [-0.2, -0.15) is 0 Å². The molecule has 0 atom stereocenters. The van der Waals surface area contributed by atoms with Crippen LogP contribution < -0.4 is 5.73 Å². The van der Waals surface area contributed by atoms with Crippen LogP contribution in [0.2, 0.25) is 0 Å². The second-order valence-corrected chi connectivity index (χ2v) is 6.06. The topological polar surface area (TPSA) is 77.8 Å². The van der Waals surface area contributed by atoms with Crippen molar-refractivity contribution in [2.45, 2.75) is 0 Å². The first-order chi connectivity index (χ1) is 12.8. The molecule has 5 rings (SSSR count). The number of fused-ring (bicyclic) bond motifs is 2. The molecule has 0 aliphatic rings. The zero-order valence-electron chi connectivity index (χ0n) is 13.8. The lowest BCUT2D eigenvalue weighted by atomic mass is 9.97. The third kappa shape index (κ3) is 2.29. The number of hydrogen-bond acceptors (Lipinski definition) is 5. The average Bonchev–Trinajstić information content (AvgIpc) is 3.16. The van der Waals surface area contributed by atoms with E-state index in [4.69, 9.17) is 10.2 Å². The van der Waals surface area contributed by atoms with E-state index >= 15 is 0 Å². The standard InChI is InChI=1S/C21H14N4O/c22-21-17-11-13(3-5-18(17)24-12-25-21)16-2-1-8-23-20(16)15-4-6-19-14(10-15)7-9-26-19/h1-12H,(H2,22,24,25). The number of nitrogens with two attached hydrogens (primary N) is 1. The molecule has 2 aromatic carbocycles. The quantitative estimate of drug-likeness (QED) is 0.505. The molecule has 124 valence electrons. The lowest BCUT2D eigenvalue weighted by Crippen LogP contribution is -1.94. The maximum Gasteiger partial charge on any atom is 0.134 e. The largest absolute Gasteiger partial charge is 0.464 e. The molecule has 0 spiro atoms. The van der Waals surface area contributed by atoms with Crippen LogP contribution in [0.15, 0.2) is 77.8 Å². The summed E-state index contributed by atoms with van der Waals surface area (Å²) in [6.45, 7) is 0. The number of benzene rings is 2. The highest BCUT2D eigenvalue weighted by Gasteiger charge is 2.11. The van der Waals surface area contributed by atoms with Gasteiger partial charge in [0.05, 0.1) is 17.5 Å². The summed E-state index contributed by atoms with van der Waals surface area (Å²) in [5.41, 5.74) is 11.7. The van der Waals surface area contributed by atoms with E-state index in [2.05, 4.69) is 27.1 Å². The van der Waals surface area contributed by atoms with E-state index in [9.17, 15) is 0 Å². The Labute approximate surface area is 149 Å². The summed E-state index contributed by atoms with van der Waals surface area (Å²) in [5.74, 6) is 0.474. The molecule has 5 heteroatoms. The molecule has 0 unspecified atom stereocenters. The Hall–Kier alpha value is -3.73. The molecule has 0 radical (unpaired) electrons. The van der Waals surface area contributed by atoms with Crippen LogP contribution in [0.5, 0.6) is 0 Å². The van der Waals surface area contributed by atoms with Crippen LogP contribution in [-0.4, -0.2) is 15.0 Å². The van der Waals surface area contributed by atoms with Gasteiger partial charge in [0, 0.05) is 28.1 Å². The lowest BCUT2D eigenvalue weighted by molar-refractivity contribution is 0.616. The number of aromatic nitrogens is 3. The van der Waals surface area contributed by atoms with Crippen molar-refractivity contribution in [1.29, 1.82) is 0 Å². The number of rotatable bonds is 2. The van der Waals surface area contributed by atoms with E-state index in [1.807, 2.05) is 42.5 Å². The minimum Gasteiger partial charge on any atom is -0.464 e. The van der Waals surface area contributed by atoms with Crippen molar-refractivity contribution >= 4 is 27.7 Å². The van der Waals surface area contributed by atoms with Crippen LogP contribution in [0.25, 0.3) is 44.3 Å². The summed E-state index contributed by atoms with van der Waals surface area (Å²) in [7, 11) is 0. The molecule has 0 aliphatic carbocycles. The SMILES string of the molecule is Nc1ncnc2ccc(-c3cccnc3-c3ccc4occc4c3)cc12. The average molecular weight is 338 g/mol. The Balaban J connectivity index is 1.72. The number of pyridine rings is 1. The van der Waals surface area contributed by atoms with Crippen molar-refractivity contribution in [3.63, 3.8) is 0 Å². The van der Waals surface area contributed by atoms with E-state index in [-0.39, 0.29) is 0 Å². The highest BCUT2D eigenvalue weighted by atomic mass is 16.3. The first-order valence-electron chi connectivity index (χ1n) is 8.23. The summed E-state index contributed by atoms with van der Waals surface area (Å²) in [5, 5.41) is 1.89. The van der Waals surface area contributed by atoms with Gasteiger partial charge >= 0.3 is 0 Å². The predicted octanol–water partition coefficient (Wildman–Crippen LogP) is 4.69. The highest BCUT2D eigenvalue weighted by molar-refractivity contribution is 5.94. The third-order valence-corrected chi connectivity index (χ3v) is 4.51. The fraction of sp³-hybridized carbons (Fsp3) is 0. The number of nitrogen functional groups attached to an aromatic ring is 1. The van der Waals surface area contributed by atoms with Gasteiger partial charge in [0.25, 0.3) is 0 Å². The molecule has 0 saturated carbocycles. The minimum atomic E-state index is 0.474. The van der Waals surface area contributed by atoms with E-state index < -0.39 is 0 Å². The smallest absolute Gasteiger partial charge is 0.134 e. The molecular formula is C21H14N4O. The van der Waals surface area contributed by atoms with E-state index in [0.717, 1.165) is 44.3 Å². The van der Waals surface area contributed by atoms with Gasteiger partial charge < -0.3 is 10.2 Å². The Morgan fingerprint density at radius 3 is 2.73 bits per heavy atom. The Bertz CT molecular complexity index is 1260. The molecule has 0 fully saturated rings. The van der Waals surface area contributed by atoms with Crippen molar-refractivity contribution in [3.8, 4) is 22.4 Å². The molecule has 0 bridgehead atoms. The molecule has 26 heavy (non-hydrogen) atoms. The number of furan rings is 1. The van der Waals surface area contributed by atoms with Crippen molar-refractivity contribution in [2.75, 3.05) is 5.73 Å². The second kappa shape index (κ2) is 5.67. The van der Waals surface area contributed by atoms with Gasteiger partial charge in [0.1, 0.15) is 17.7 Å². The van der Waals surface area contributed by atoms with Crippen LogP contribution in [0.4, 0.5) is 5.82 Å². The van der Waals surface area contributed by atoms with E-state index in [1.54, 1.807) is 12.5 Å².